The van der Waals surface area contributed by atoms with Crippen LogP contribution in [-0.4, -0.2) is 14.3 Å². The molecule has 0 fully saturated rings. The van der Waals surface area contributed by atoms with Crippen LogP contribution >= 0.6 is 0 Å². The number of nitrogens with one attached hydrogen (secondary N) is 2. The van der Waals surface area contributed by atoms with Gasteiger partial charge in [0.2, 0.25) is 5.91 Å². The van der Waals surface area contributed by atoms with E-state index in [1.807, 2.05) is 16.3 Å². The van der Waals surface area contributed by atoms with Crippen LogP contribution in [0.1, 0.15) is 12.5 Å². The smallest absolute Gasteiger partial charge is 0.257 e. The van der Waals surface area contributed by atoms with Crippen molar-refractivity contribution in [2.45, 2.75) is 11.8 Å². The summed E-state index contributed by atoms with van der Waals surface area (Å²) in [5, 5.41) is 8.54. The first-order chi connectivity index (χ1) is 7.45. The minimum Gasteiger partial charge on any atom is -0.278 e. The molecule has 0 aliphatic carbocycles. The Hall–Kier alpha value is -1.91. The van der Waals surface area contributed by atoms with Crippen LogP contribution in [0.15, 0.2) is 29.2 Å². The molecule has 84 valence electrons. The Kier molecular flexibility index (Phi) is 3.60. The fourth-order valence-corrected chi connectivity index (χ4v) is 1.80. The molecular weight excluding hydrogens is 230 g/mol. The molecule has 0 heterocycles. The van der Waals surface area contributed by atoms with Gasteiger partial charge in [-0.05, 0) is 24.3 Å². The van der Waals surface area contributed by atoms with Crippen molar-refractivity contribution in [3.05, 3.63) is 29.8 Å². The minimum absolute atomic E-state index is 0.0275. The molecule has 0 atom stereocenters. The Labute approximate surface area is 92.9 Å². The van der Waals surface area contributed by atoms with Gasteiger partial charge in [-0.3, -0.25) is 10.2 Å². The van der Waals surface area contributed by atoms with Gasteiger partial charge in [-0.1, -0.05) is 0 Å². The molecular formula is C9H9N3O3S. The average molecular weight is 239 g/mol. The van der Waals surface area contributed by atoms with E-state index in [-0.39, 0.29) is 4.90 Å². The van der Waals surface area contributed by atoms with Crippen LogP contribution < -0.4 is 10.3 Å². The van der Waals surface area contributed by atoms with Crippen molar-refractivity contribution in [3.8, 4) is 6.07 Å². The zero-order valence-corrected chi connectivity index (χ0v) is 9.21. The molecule has 0 aromatic heterocycles. The van der Waals surface area contributed by atoms with Gasteiger partial charge in [0.15, 0.2) is 0 Å². The van der Waals surface area contributed by atoms with Gasteiger partial charge in [-0.15, -0.1) is 4.83 Å². The monoisotopic (exact) mass is 239 g/mol. The van der Waals surface area contributed by atoms with Crippen LogP contribution in [-0.2, 0) is 14.8 Å². The second kappa shape index (κ2) is 4.74. The van der Waals surface area contributed by atoms with Crippen molar-refractivity contribution in [2.75, 3.05) is 0 Å². The number of amides is 1. The maximum absolute atomic E-state index is 11.5. The second-order valence-corrected chi connectivity index (χ2v) is 4.61. The zero-order valence-electron chi connectivity index (χ0n) is 8.39. The minimum atomic E-state index is -3.77. The Morgan fingerprint density at radius 3 is 2.31 bits per heavy atom. The molecule has 1 rings (SSSR count). The number of sulfonamides is 1. The first-order valence-electron chi connectivity index (χ1n) is 4.24. The maximum atomic E-state index is 11.5. The number of hydrazine groups is 1. The number of carbonyl (C=O) groups excluding carboxylic acids is 1. The van der Waals surface area contributed by atoms with E-state index in [1.54, 1.807) is 0 Å². The lowest BCUT2D eigenvalue weighted by Gasteiger charge is -2.06. The van der Waals surface area contributed by atoms with Crippen LogP contribution in [0.4, 0.5) is 0 Å². The molecule has 16 heavy (non-hydrogen) atoms. The first-order valence-corrected chi connectivity index (χ1v) is 5.72. The maximum Gasteiger partial charge on any atom is 0.257 e. The summed E-state index contributed by atoms with van der Waals surface area (Å²) < 4.78 is 23.1. The van der Waals surface area contributed by atoms with Crippen LogP contribution in [0, 0.1) is 11.3 Å². The summed E-state index contributed by atoms with van der Waals surface area (Å²) in [7, 11) is -3.77. The van der Waals surface area contributed by atoms with Gasteiger partial charge in [0.05, 0.1) is 16.5 Å². The fourth-order valence-electron chi connectivity index (χ4n) is 0.907. The largest absolute Gasteiger partial charge is 0.278 e. The summed E-state index contributed by atoms with van der Waals surface area (Å²) in [5.41, 5.74) is 2.33. The zero-order chi connectivity index (χ0) is 12.2. The molecule has 0 bridgehead atoms. The van der Waals surface area contributed by atoms with Gasteiger partial charge >= 0.3 is 0 Å². The predicted octanol–water partition coefficient (Wildman–Crippen LogP) is -0.112. The van der Waals surface area contributed by atoms with Crippen molar-refractivity contribution in [3.63, 3.8) is 0 Å². The van der Waals surface area contributed by atoms with Crippen LogP contribution in [0.25, 0.3) is 0 Å². The summed E-state index contributed by atoms with van der Waals surface area (Å²) in [6.45, 7) is 1.18. The molecule has 2 N–H and O–H groups in total. The summed E-state index contributed by atoms with van der Waals surface area (Å²) in [6, 6.07) is 7.19. The van der Waals surface area contributed by atoms with E-state index >= 15 is 0 Å². The van der Waals surface area contributed by atoms with Gasteiger partial charge in [-0.25, -0.2) is 8.42 Å². The van der Waals surface area contributed by atoms with Gasteiger partial charge in [0.1, 0.15) is 0 Å². The summed E-state index contributed by atoms with van der Waals surface area (Å²) in [5.74, 6) is -0.516. The quantitative estimate of drug-likeness (QED) is 0.719. The first kappa shape index (κ1) is 12.2. The summed E-state index contributed by atoms with van der Waals surface area (Å²) >= 11 is 0. The number of rotatable bonds is 3. The Morgan fingerprint density at radius 2 is 1.88 bits per heavy atom. The number of benzene rings is 1. The lowest BCUT2D eigenvalue weighted by atomic mass is 10.2. The Bertz CT molecular complexity index is 528. The highest BCUT2D eigenvalue weighted by Gasteiger charge is 2.13. The predicted molar refractivity (Wildman–Crippen MR) is 55.3 cm³/mol. The topological polar surface area (TPSA) is 99.1 Å². The lowest BCUT2D eigenvalue weighted by molar-refractivity contribution is -0.119. The molecule has 0 aliphatic rings. The summed E-state index contributed by atoms with van der Waals surface area (Å²) in [6.07, 6.45) is 0. The lowest BCUT2D eigenvalue weighted by Crippen LogP contribution is -2.40. The molecule has 0 saturated carbocycles. The number of hydrogen-bond donors (Lipinski definition) is 2. The van der Waals surface area contributed by atoms with E-state index in [0.717, 1.165) is 0 Å². The third-order valence-electron chi connectivity index (χ3n) is 1.66. The van der Waals surface area contributed by atoms with E-state index in [4.69, 9.17) is 5.26 Å². The normalized spacial score (nSPS) is 10.5. The van der Waals surface area contributed by atoms with Crippen molar-refractivity contribution < 1.29 is 13.2 Å². The van der Waals surface area contributed by atoms with Gasteiger partial charge < -0.3 is 0 Å². The van der Waals surface area contributed by atoms with Crippen molar-refractivity contribution in [2.24, 2.45) is 0 Å². The molecule has 1 aromatic carbocycles. The molecule has 0 spiro atoms. The molecule has 7 heteroatoms. The van der Waals surface area contributed by atoms with E-state index in [9.17, 15) is 13.2 Å². The number of nitriles is 1. The van der Waals surface area contributed by atoms with E-state index in [0.29, 0.717) is 5.56 Å². The highest BCUT2D eigenvalue weighted by Crippen LogP contribution is 2.08. The SMILES string of the molecule is CC(=O)NNS(=O)(=O)c1ccc(C#N)cc1. The van der Waals surface area contributed by atoms with Crippen LogP contribution in [0.5, 0.6) is 0 Å². The highest BCUT2D eigenvalue weighted by molar-refractivity contribution is 7.89. The summed E-state index contributed by atoms with van der Waals surface area (Å²) in [4.78, 5) is 12.4. The van der Waals surface area contributed by atoms with Gasteiger partial charge in [0.25, 0.3) is 10.0 Å². The van der Waals surface area contributed by atoms with Gasteiger partial charge in [-0.2, -0.15) is 5.26 Å². The third-order valence-corrected chi connectivity index (χ3v) is 2.92. The highest BCUT2D eigenvalue weighted by atomic mass is 32.2. The molecule has 1 amide bonds. The molecule has 0 aliphatic heterocycles. The molecule has 0 saturated heterocycles. The van der Waals surface area contributed by atoms with Crippen LogP contribution in [0.3, 0.4) is 0 Å². The van der Waals surface area contributed by atoms with E-state index < -0.39 is 15.9 Å². The second-order valence-electron chi connectivity index (χ2n) is 2.92. The van der Waals surface area contributed by atoms with Crippen LogP contribution in [0.2, 0.25) is 0 Å². The third kappa shape index (κ3) is 3.05. The Balaban J connectivity index is 2.91. The molecule has 0 radical (unpaired) electrons. The van der Waals surface area contributed by atoms with Gasteiger partial charge in [0, 0.05) is 6.92 Å². The molecule has 0 unspecified atom stereocenters. The molecule has 1 aromatic rings. The number of hydrogen-bond acceptors (Lipinski definition) is 4. The number of nitrogens with zero attached hydrogens (tertiary/aromatic N) is 1. The number of carbonyl (C=O) groups is 1. The van der Waals surface area contributed by atoms with Crippen molar-refractivity contribution in [1.82, 2.24) is 10.3 Å². The van der Waals surface area contributed by atoms with E-state index in [2.05, 4.69) is 0 Å². The standard InChI is InChI=1S/C9H9N3O3S/c1-7(13)11-12-16(14,15)9-4-2-8(6-10)3-5-9/h2-5,12H,1H3,(H,11,13). The van der Waals surface area contributed by atoms with E-state index in [1.165, 1.54) is 31.2 Å². The fraction of sp³-hybridized carbons (Fsp3) is 0.111. The average Bonchev–Trinajstić information content (AvgIpc) is 2.27. The van der Waals surface area contributed by atoms with Crippen molar-refractivity contribution in [1.29, 1.82) is 5.26 Å². The van der Waals surface area contributed by atoms with Crippen molar-refractivity contribution >= 4 is 15.9 Å². The Morgan fingerprint density at radius 1 is 1.31 bits per heavy atom. The molecule has 6 nitrogen and oxygen atoms in total.